The van der Waals surface area contributed by atoms with Crippen LogP contribution < -0.4 is 10.9 Å². The minimum Gasteiger partial charge on any atom is -0.392 e. The van der Waals surface area contributed by atoms with Gasteiger partial charge < -0.3 is 15.4 Å². The SMILES string of the molecule is O=c1cc(C(F)(F)F)nc(CNc2cc(CO)ccc2Cl)[nH]1. The first kappa shape index (κ1) is 16.3. The number of halogens is 4. The molecule has 1 aromatic carbocycles. The Morgan fingerprint density at radius 3 is 2.68 bits per heavy atom. The zero-order valence-electron chi connectivity index (χ0n) is 11.0. The van der Waals surface area contributed by atoms with E-state index in [4.69, 9.17) is 16.7 Å². The Labute approximate surface area is 127 Å². The number of aromatic amines is 1. The van der Waals surface area contributed by atoms with Crippen molar-refractivity contribution in [2.24, 2.45) is 0 Å². The van der Waals surface area contributed by atoms with Crippen molar-refractivity contribution < 1.29 is 18.3 Å². The second-order valence-corrected chi connectivity index (χ2v) is 4.81. The van der Waals surface area contributed by atoms with Gasteiger partial charge in [0, 0.05) is 6.07 Å². The molecule has 1 heterocycles. The van der Waals surface area contributed by atoms with E-state index in [-0.39, 0.29) is 19.0 Å². The number of anilines is 1. The van der Waals surface area contributed by atoms with Gasteiger partial charge in [0.05, 0.1) is 23.9 Å². The third-order valence-corrected chi connectivity index (χ3v) is 3.07. The molecule has 0 aliphatic heterocycles. The lowest BCUT2D eigenvalue weighted by molar-refractivity contribution is -0.141. The summed E-state index contributed by atoms with van der Waals surface area (Å²) in [4.78, 5) is 16.8. The molecule has 1 aromatic heterocycles. The molecule has 0 fully saturated rings. The smallest absolute Gasteiger partial charge is 0.392 e. The summed E-state index contributed by atoms with van der Waals surface area (Å²) in [5, 5.41) is 12.1. The zero-order valence-corrected chi connectivity index (χ0v) is 11.8. The van der Waals surface area contributed by atoms with E-state index in [1.54, 1.807) is 12.1 Å². The molecule has 0 saturated heterocycles. The van der Waals surface area contributed by atoms with Crippen molar-refractivity contribution in [3.05, 3.63) is 56.7 Å². The first-order chi connectivity index (χ1) is 10.3. The minimum atomic E-state index is -4.70. The molecule has 5 nitrogen and oxygen atoms in total. The van der Waals surface area contributed by atoms with Crippen molar-refractivity contribution in [1.29, 1.82) is 0 Å². The van der Waals surface area contributed by atoms with E-state index in [1.807, 2.05) is 0 Å². The van der Waals surface area contributed by atoms with Gasteiger partial charge in [-0.05, 0) is 17.7 Å². The number of benzene rings is 1. The van der Waals surface area contributed by atoms with Crippen LogP contribution in [0, 0.1) is 0 Å². The van der Waals surface area contributed by atoms with Crippen LogP contribution in [0.25, 0.3) is 0 Å². The van der Waals surface area contributed by atoms with E-state index in [0.29, 0.717) is 22.3 Å². The first-order valence-electron chi connectivity index (χ1n) is 6.10. The molecule has 0 aliphatic rings. The quantitative estimate of drug-likeness (QED) is 0.803. The molecular formula is C13H11ClF3N3O2. The van der Waals surface area contributed by atoms with Crippen LogP contribution in [0.1, 0.15) is 17.1 Å². The molecule has 0 saturated carbocycles. The van der Waals surface area contributed by atoms with Crippen LogP contribution in [0.2, 0.25) is 5.02 Å². The number of aliphatic hydroxyl groups excluding tert-OH is 1. The number of aromatic nitrogens is 2. The molecule has 0 radical (unpaired) electrons. The number of nitrogens with one attached hydrogen (secondary N) is 2. The highest BCUT2D eigenvalue weighted by Gasteiger charge is 2.33. The predicted octanol–water partition coefficient (Wildman–Crippen LogP) is 2.55. The van der Waals surface area contributed by atoms with E-state index >= 15 is 0 Å². The summed E-state index contributed by atoms with van der Waals surface area (Å²) >= 11 is 5.94. The van der Waals surface area contributed by atoms with Crippen LogP contribution >= 0.6 is 11.6 Å². The zero-order chi connectivity index (χ0) is 16.3. The van der Waals surface area contributed by atoms with Gasteiger partial charge in [0.15, 0.2) is 5.69 Å². The van der Waals surface area contributed by atoms with Crippen molar-refractivity contribution in [3.63, 3.8) is 0 Å². The number of nitrogens with zero attached hydrogens (tertiary/aromatic N) is 1. The Kier molecular flexibility index (Phi) is 4.72. The number of alkyl halides is 3. The van der Waals surface area contributed by atoms with Crippen molar-refractivity contribution >= 4 is 17.3 Å². The second kappa shape index (κ2) is 6.37. The highest BCUT2D eigenvalue weighted by atomic mass is 35.5. The summed E-state index contributed by atoms with van der Waals surface area (Å²) in [6, 6.07) is 5.09. The first-order valence-corrected chi connectivity index (χ1v) is 6.48. The molecule has 0 spiro atoms. The topological polar surface area (TPSA) is 78.0 Å². The number of H-pyrrole nitrogens is 1. The predicted molar refractivity (Wildman–Crippen MR) is 74.6 cm³/mol. The summed E-state index contributed by atoms with van der Waals surface area (Å²) in [5.41, 5.74) is -1.16. The average molecular weight is 334 g/mol. The molecule has 2 aromatic rings. The normalized spacial score (nSPS) is 11.5. The van der Waals surface area contributed by atoms with E-state index in [2.05, 4.69) is 15.3 Å². The van der Waals surface area contributed by atoms with E-state index in [9.17, 15) is 18.0 Å². The number of hydrogen-bond donors (Lipinski definition) is 3. The minimum absolute atomic E-state index is 0.159. The summed E-state index contributed by atoms with van der Waals surface area (Å²) in [5.74, 6) is -0.176. The number of hydrogen-bond acceptors (Lipinski definition) is 4. The third-order valence-electron chi connectivity index (χ3n) is 2.74. The maximum absolute atomic E-state index is 12.6. The lowest BCUT2D eigenvalue weighted by Crippen LogP contribution is -2.20. The van der Waals surface area contributed by atoms with Crippen LogP contribution in [0.15, 0.2) is 29.1 Å². The van der Waals surface area contributed by atoms with E-state index in [0.717, 1.165) is 0 Å². The molecule has 0 bridgehead atoms. The fourth-order valence-electron chi connectivity index (χ4n) is 1.72. The Morgan fingerprint density at radius 2 is 2.05 bits per heavy atom. The summed E-state index contributed by atoms with van der Waals surface area (Å²) in [6.45, 7) is -0.363. The fourth-order valence-corrected chi connectivity index (χ4v) is 1.91. The lowest BCUT2D eigenvalue weighted by atomic mass is 10.2. The molecular weight excluding hydrogens is 323 g/mol. The van der Waals surface area contributed by atoms with Crippen LogP contribution in [0.4, 0.5) is 18.9 Å². The Bertz CT molecular complexity index is 731. The van der Waals surface area contributed by atoms with Crippen molar-refractivity contribution in [2.45, 2.75) is 19.3 Å². The molecule has 3 N–H and O–H groups in total. The molecule has 0 atom stereocenters. The van der Waals surface area contributed by atoms with Crippen molar-refractivity contribution in [2.75, 3.05) is 5.32 Å². The van der Waals surface area contributed by atoms with Gasteiger partial charge in [-0.3, -0.25) is 4.79 Å². The van der Waals surface area contributed by atoms with Gasteiger partial charge in [-0.15, -0.1) is 0 Å². The molecule has 118 valence electrons. The van der Waals surface area contributed by atoms with Crippen LogP contribution in [-0.2, 0) is 19.3 Å². The highest BCUT2D eigenvalue weighted by molar-refractivity contribution is 6.33. The van der Waals surface area contributed by atoms with E-state index < -0.39 is 17.4 Å². The van der Waals surface area contributed by atoms with Gasteiger partial charge in [0.1, 0.15) is 5.82 Å². The maximum atomic E-state index is 12.6. The maximum Gasteiger partial charge on any atom is 0.433 e. The molecule has 0 unspecified atom stereocenters. The van der Waals surface area contributed by atoms with Crippen LogP contribution in [0.5, 0.6) is 0 Å². The van der Waals surface area contributed by atoms with Crippen LogP contribution in [0.3, 0.4) is 0 Å². The Hall–Kier alpha value is -2.06. The molecule has 0 aliphatic carbocycles. The second-order valence-electron chi connectivity index (χ2n) is 4.40. The van der Waals surface area contributed by atoms with Crippen LogP contribution in [-0.4, -0.2) is 15.1 Å². The fraction of sp³-hybridized carbons (Fsp3) is 0.231. The summed E-state index contributed by atoms with van der Waals surface area (Å²) in [6.07, 6.45) is -4.70. The standard InChI is InChI=1S/C13H11ClF3N3O2/c14-8-2-1-7(6-21)3-9(8)18-5-11-19-10(13(15,16)17)4-12(22)20-11/h1-4,18,21H,5-6H2,(H,19,20,22). The van der Waals surface area contributed by atoms with Gasteiger partial charge in [-0.1, -0.05) is 17.7 Å². The van der Waals surface area contributed by atoms with Gasteiger partial charge >= 0.3 is 6.18 Å². The average Bonchev–Trinajstić information content (AvgIpc) is 2.45. The number of aliphatic hydroxyl groups is 1. The molecule has 22 heavy (non-hydrogen) atoms. The van der Waals surface area contributed by atoms with Gasteiger partial charge in [0.25, 0.3) is 5.56 Å². The largest absolute Gasteiger partial charge is 0.433 e. The summed E-state index contributed by atoms with van der Waals surface area (Å²) in [7, 11) is 0. The van der Waals surface area contributed by atoms with Crippen molar-refractivity contribution in [3.8, 4) is 0 Å². The summed E-state index contributed by atoms with van der Waals surface area (Å²) < 4.78 is 37.8. The van der Waals surface area contributed by atoms with Gasteiger partial charge in [0.2, 0.25) is 0 Å². The lowest BCUT2D eigenvalue weighted by Gasteiger charge is -2.11. The van der Waals surface area contributed by atoms with E-state index in [1.165, 1.54) is 6.07 Å². The number of rotatable bonds is 4. The van der Waals surface area contributed by atoms with Gasteiger partial charge in [-0.2, -0.15) is 13.2 Å². The Balaban J connectivity index is 2.22. The molecule has 9 heteroatoms. The monoisotopic (exact) mass is 333 g/mol. The van der Waals surface area contributed by atoms with Crippen molar-refractivity contribution in [1.82, 2.24) is 9.97 Å². The molecule has 2 rings (SSSR count). The Morgan fingerprint density at radius 1 is 1.32 bits per heavy atom. The molecule has 0 amide bonds. The highest BCUT2D eigenvalue weighted by Crippen LogP contribution is 2.27. The third kappa shape index (κ3) is 3.99. The van der Waals surface area contributed by atoms with Gasteiger partial charge in [-0.25, -0.2) is 4.98 Å².